The van der Waals surface area contributed by atoms with Crippen LogP contribution < -0.4 is 5.32 Å². The van der Waals surface area contributed by atoms with E-state index in [0.29, 0.717) is 6.04 Å². The average Bonchev–Trinajstić information content (AvgIpc) is 2.84. The van der Waals surface area contributed by atoms with Gasteiger partial charge in [0.05, 0.1) is 0 Å². The van der Waals surface area contributed by atoms with E-state index in [9.17, 15) is 4.79 Å². The number of likely N-dealkylation sites (N-methyl/N-ethyl adjacent to an activating group) is 1. The Morgan fingerprint density at radius 3 is 2.78 bits per heavy atom. The molecule has 1 heterocycles. The molecule has 1 N–H and O–H groups in total. The fourth-order valence-corrected chi connectivity index (χ4v) is 2.42. The minimum Gasteiger partial charge on any atom is -0.340 e. The number of carbonyl (C=O) groups excluding carboxylic acids is 1. The third-order valence-corrected chi connectivity index (χ3v) is 3.76. The van der Waals surface area contributed by atoms with E-state index in [2.05, 4.69) is 12.2 Å². The molecule has 1 fully saturated rings. The van der Waals surface area contributed by atoms with Crippen LogP contribution in [-0.2, 0) is 0 Å². The van der Waals surface area contributed by atoms with E-state index in [0.717, 1.165) is 18.7 Å². The molecule has 2 rings (SSSR count). The van der Waals surface area contributed by atoms with Crippen molar-refractivity contribution in [2.45, 2.75) is 32.7 Å². The topological polar surface area (TPSA) is 32.3 Å². The van der Waals surface area contributed by atoms with Gasteiger partial charge in [0.2, 0.25) is 0 Å². The van der Waals surface area contributed by atoms with Crippen molar-refractivity contribution in [1.82, 2.24) is 10.2 Å². The number of carbonyl (C=O) groups is 1. The van der Waals surface area contributed by atoms with Crippen LogP contribution >= 0.6 is 0 Å². The molecule has 3 nitrogen and oxygen atoms in total. The van der Waals surface area contributed by atoms with Crippen molar-refractivity contribution >= 4 is 5.91 Å². The number of hydrogen-bond acceptors (Lipinski definition) is 2. The zero-order valence-electron chi connectivity index (χ0n) is 11.5. The van der Waals surface area contributed by atoms with Gasteiger partial charge in [0.1, 0.15) is 0 Å². The van der Waals surface area contributed by atoms with Crippen LogP contribution in [0.2, 0.25) is 0 Å². The monoisotopic (exact) mass is 246 g/mol. The number of amides is 1. The Balaban J connectivity index is 2.02. The van der Waals surface area contributed by atoms with Crippen molar-refractivity contribution in [3.63, 3.8) is 0 Å². The molecule has 0 bridgehead atoms. The van der Waals surface area contributed by atoms with E-state index in [-0.39, 0.29) is 5.91 Å². The first-order chi connectivity index (χ1) is 8.58. The average molecular weight is 246 g/mol. The van der Waals surface area contributed by atoms with Gasteiger partial charge in [-0.25, -0.2) is 0 Å². The van der Waals surface area contributed by atoms with Gasteiger partial charge in [-0.05, 0) is 56.5 Å². The van der Waals surface area contributed by atoms with Gasteiger partial charge in [0, 0.05) is 25.2 Å². The quantitative estimate of drug-likeness (QED) is 0.886. The fourth-order valence-electron chi connectivity index (χ4n) is 2.42. The molecule has 1 aromatic rings. The van der Waals surface area contributed by atoms with Crippen LogP contribution in [0.5, 0.6) is 0 Å². The van der Waals surface area contributed by atoms with Crippen LogP contribution in [0.25, 0.3) is 0 Å². The van der Waals surface area contributed by atoms with Crippen LogP contribution in [0.15, 0.2) is 18.2 Å². The molecule has 0 saturated carbocycles. The summed E-state index contributed by atoms with van der Waals surface area (Å²) in [6.45, 7) is 5.99. The predicted molar refractivity (Wildman–Crippen MR) is 73.9 cm³/mol. The van der Waals surface area contributed by atoms with Crippen LogP contribution in [0, 0.1) is 13.8 Å². The number of nitrogens with zero attached hydrogens (tertiary/aromatic N) is 1. The molecule has 1 amide bonds. The Kier molecular flexibility index (Phi) is 4.02. The van der Waals surface area contributed by atoms with E-state index < -0.39 is 0 Å². The van der Waals surface area contributed by atoms with Gasteiger partial charge in [-0.2, -0.15) is 0 Å². The summed E-state index contributed by atoms with van der Waals surface area (Å²) >= 11 is 0. The molecule has 0 radical (unpaired) electrons. The Bertz CT molecular complexity index is 436. The highest BCUT2D eigenvalue weighted by Crippen LogP contribution is 2.13. The molecule has 98 valence electrons. The van der Waals surface area contributed by atoms with Gasteiger partial charge in [-0.3, -0.25) is 4.79 Å². The first-order valence-electron chi connectivity index (χ1n) is 6.64. The lowest BCUT2D eigenvalue weighted by Crippen LogP contribution is -2.38. The van der Waals surface area contributed by atoms with Gasteiger partial charge in [-0.15, -0.1) is 0 Å². The van der Waals surface area contributed by atoms with Gasteiger partial charge in [0.15, 0.2) is 0 Å². The van der Waals surface area contributed by atoms with Crippen molar-refractivity contribution in [2.24, 2.45) is 0 Å². The molecule has 1 aliphatic rings. The minimum atomic E-state index is 0.117. The molecule has 1 aliphatic heterocycles. The Labute approximate surface area is 109 Å². The summed E-state index contributed by atoms with van der Waals surface area (Å²) in [4.78, 5) is 14.1. The Morgan fingerprint density at radius 1 is 1.39 bits per heavy atom. The molecule has 0 spiro atoms. The maximum absolute atomic E-state index is 12.3. The van der Waals surface area contributed by atoms with Gasteiger partial charge in [0.25, 0.3) is 5.91 Å². The molecule has 1 unspecified atom stereocenters. The van der Waals surface area contributed by atoms with Gasteiger partial charge in [-0.1, -0.05) is 6.07 Å². The summed E-state index contributed by atoms with van der Waals surface area (Å²) in [6.07, 6.45) is 2.39. The van der Waals surface area contributed by atoms with Crippen molar-refractivity contribution in [3.05, 3.63) is 34.9 Å². The van der Waals surface area contributed by atoms with Crippen LogP contribution in [0.4, 0.5) is 0 Å². The van der Waals surface area contributed by atoms with E-state index in [1.165, 1.54) is 24.0 Å². The highest BCUT2D eigenvalue weighted by Gasteiger charge is 2.19. The van der Waals surface area contributed by atoms with Crippen molar-refractivity contribution in [3.8, 4) is 0 Å². The third-order valence-electron chi connectivity index (χ3n) is 3.76. The summed E-state index contributed by atoms with van der Waals surface area (Å²) in [5.74, 6) is 0.117. The highest BCUT2D eigenvalue weighted by atomic mass is 16.2. The molecular weight excluding hydrogens is 224 g/mol. The van der Waals surface area contributed by atoms with Crippen LogP contribution in [0.3, 0.4) is 0 Å². The lowest BCUT2D eigenvalue weighted by molar-refractivity contribution is 0.0783. The molecule has 1 atom stereocenters. The SMILES string of the molecule is Cc1ccc(C(=O)N(C)CC2CCCN2)cc1C. The molecule has 0 aromatic heterocycles. The lowest BCUT2D eigenvalue weighted by Gasteiger charge is -2.21. The second-order valence-electron chi connectivity index (χ2n) is 5.28. The maximum Gasteiger partial charge on any atom is 0.253 e. The fraction of sp³-hybridized carbons (Fsp3) is 0.533. The Morgan fingerprint density at radius 2 is 2.17 bits per heavy atom. The number of nitrogens with one attached hydrogen (secondary N) is 1. The third kappa shape index (κ3) is 2.91. The summed E-state index contributed by atoms with van der Waals surface area (Å²) in [5.41, 5.74) is 3.19. The van der Waals surface area contributed by atoms with Crippen LogP contribution in [0.1, 0.15) is 34.3 Å². The van der Waals surface area contributed by atoms with Gasteiger partial charge >= 0.3 is 0 Å². The predicted octanol–water partition coefficient (Wildman–Crippen LogP) is 2.13. The van der Waals surface area contributed by atoms with E-state index >= 15 is 0 Å². The van der Waals surface area contributed by atoms with E-state index in [1.807, 2.05) is 37.1 Å². The first kappa shape index (κ1) is 13.1. The van der Waals surface area contributed by atoms with Gasteiger partial charge < -0.3 is 10.2 Å². The molecule has 18 heavy (non-hydrogen) atoms. The van der Waals surface area contributed by atoms with E-state index in [4.69, 9.17) is 0 Å². The Hall–Kier alpha value is -1.35. The number of hydrogen-bond donors (Lipinski definition) is 1. The summed E-state index contributed by atoms with van der Waals surface area (Å²) in [5, 5.41) is 3.42. The molecule has 0 aliphatic carbocycles. The smallest absolute Gasteiger partial charge is 0.253 e. The first-order valence-corrected chi connectivity index (χ1v) is 6.64. The second-order valence-corrected chi connectivity index (χ2v) is 5.28. The number of benzene rings is 1. The summed E-state index contributed by atoms with van der Waals surface area (Å²) in [6, 6.07) is 6.38. The van der Waals surface area contributed by atoms with Crippen LogP contribution in [-0.4, -0.2) is 37.0 Å². The summed E-state index contributed by atoms with van der Waals surface area (Å²) < 4.78 is 0. The number of aryl methyl sites for hydroxylation is 2. The normalized spacial score (nSPS) is 18.9. The molecule has 1 saturated heterocycles. The van der Waals surface area contributed by atoms with Crippen molar-refractivity contribution in [1.29, 1.82) is 0 Å². The highest BCUT2D eigenvalue weighted by molar-refractivity contribution is 5.94. The van der Waals surface area contributed by atoms with E-state index in [1.54, 1.807) is 0 Å². The van der Waals surface area contributed by atoms with Crippen molar-refractivity contribution < 1.29 is 4.79 Å². The lowest BCUT2D eigenvalue weighted by atomic mass is 10.1. The molecule has 3 heteroatoms. The number of rotatable bonds is 3. The largest absolute Gasteiger partial charge is 0.340 e. The molecule has 1 aromatic carbocycles. The summed E-state index contributed by atoms with van der Waals surface area (Å²) in [7, 11) is 1.89. The zero-order chi connectivity index (χ0) is 13.1. The standard InChI is InChI=1S/C15H22N2O/c1-11-6-7-13(9-12(11)2)15(18)17(3)10-14-5-4-8-16-14/h6-7,9,14,16H,4-5,8,10H2,1-3H3. The van der Waals surface area contributed by atoms with Crippen molar-refractivity contribution in [2.75, 3.05) is 20.1 Å². The molecular formula is C15H22N2O. The second kappa shape index (κ2) is 5.53. The zero-order valence-corrected chi connectivity index (χ0v) is 11.5. The maximum atomic E-state index is 12.3. The minimum absolute atomic E-state index is 0.117.